The minimum atomic E-state index is -1.29. The number of tetrazole rings is 1. The number of ether oxygens (including phenoxy) is 1. The third-order valence-electron chi connectivity index (χ3n) is 4.61. The van der Waals surface area contributed by atoms with Crippen LogP contribution in [0.3, 0.4) is 0 Å². The van der Waals surface area contributed by atoms with Gasteiger partial charge >= 0.3 is 12.1 Å². The fourth-order valence-corrected chi connectivity index (χ4v) is 2.97. The van der Waals surface area contributed by atoms with Gasteiger partial charge in [-0.3, -0.25) is 9.59 Å². The van der Waals surface area contributed by atoms with Crippen LogP contribution in [0.2, 0.25) is 0 Å². The van der Waals surface area contributed by atoms with Crippen molar-refractivity contribution >= 4 is 17.8 Å². The van der Waals surface area contributed by atoms with E-state index < -0.39 is 30.3 Å². The number of H-pyrrole nitrogens is 1. The minimum Gasteiger partial charge on any atom is -0.481 e. The van der Waals surface area contributed by atoms with Crippen molar-refractivity contribution in [3.63, 3.8) is 0 Å². The molecule has 31 heavy (non-hydrogen) atoms. The maximum Gasteiger partial charge on any atom is 0.408 e. The van der Waals surface area contributed by atoms with Crippen molar-refractivity contribution in [3.8, 4) is 0 Å². The van der Waals surface area contributed by atoms with Crippen LogP contribution in [-0.4, -0.2) is 54.2 Å². The third-order valence-corrected chi connectivity index (χ3v) is 4.61. The van der Waals surface area contributed by atoms with Crippen LogP contribution in [0.5, 0.6) is 0 Å². The second-order valence-electron chi connectivity index (χ2n) is 6.86. The summed E-state index contributed by atoms with van der Waals surface area (Å²) in [6, 6.07) is 11.4. The lowest BCUT2D eigenvalue weighted by Crippen LogP contribution is -2.44. The van der Waals surface area contributed by atoms with Crippen molar-refractivity contribution < 1.29 is 24.2 Å². The van der Waals surface area contributed by atoms with Gasteiger partial charge in [0, 0.05) is 11.9 Å². The molecule has 0 radical (unpaired) electrons. The number of aromatic amines is 1. The Balaban J connectivity index is 1.64. The molecule has 1 amide bonds. The molecule has 0 aliphatic carbocycles. The molecular weight excluding hydrogens is 404 g/mol. The lowest BCUT2D eigenvalue weighted by atomic mass is 10.1. The van der Waals surface area contributed by atoms with Crippen LogP contribution in [0.15, 0.2) is 48.7 Å². The largest absolute Gasteiger partial charge is 0.481 e. The molecule has 0 aliphatic rings. The molecule has 3 aromatic rings. The number of amides is 1. The maximum atomic E-state index is 12.8. The number of carbonyl (C=O) groups excluding carboxylic acids is 2. The monoisotopic (exact) mass is 426 g/mol. The fourth-order valence-electron chi connectivity index (χ4n) is 2.97. The average molecular weight is 426 g/mol. The fraction of sp³-hybridized carbons (Fsp3) is 0.300. The molecule has 0 aliphatic heterocycles. The topological polar surface area (TPSA) is 152 Å². The summed E-state index contributed by atoms with van der Waals surface area (Å²) in [5, 5.41) is 22.9. The average Bonchev–Trinajstić information content (AvgIpc) is 3.44. The molecule has 3 rings (SSSR count). The van der Waals surface area contributed by atoms with Crippen molar-refractivity contribution in [1.29, 1.82) is 0 Å². The summed E-state index contributed by atoms with van der Waals surface area (Å²) in [4.78, 5) is 39.2. The number of nitrogens with one attached hydrogen (secondary N) is 2. The van der Waals surface area contributed by atoms with Crippen LogP contribution < -0.4 is 5.32 Å². The number of carboxylic acid groups (broad SMARTS) is 1. The van der Waals surface area contributed by atoms with Crippen LogP contribution in [0, 0.1) is 0 Å². The SMILES string of the molecule is CC(c1ccc[nH]1)c1nnnn1CC(=O)C(CC(=O)O)NC(=O)OCc1ccccc1. The molecular formula is C20H22N6O5. The summed E-state index contributed by atoms with van der Waals surface area (Å²) in [6.07, 6.45) is 0.280. The van der Waals surface area contributed by atoms with Crippen LogP contribution in [0.25, 0.3) is 0 Å². The minimum absolute atomic E-state index is 0.00847. The molecule has 11 heteroatoms. The number of hydrogen-bond acceptors (Lipinski definition) is 7. The van der Waals surface area contributed by atoms with E-state index in [9.17, 15) is 14.4 Å². The molecule has 0 spiro atoms. The van der Waals surface area contributed by atoms with E-state index in [1.54, 1.807) is 30.5 Å². The zero-order chi connectivity index (χ0) is 22.2. The highest BCUT2D eigenvalue weighted by Crippen LogP contribution is 2.19. The van der Waals surface area contributed by atoms with E-state index in [4.69, 9.17) is 9.84 Å². The van der Waals surface area contributed by atoms with E-state index in [0.29, 0.717) is 5.82 Å². The summed E-state index contributed by atoms with van der Waals surface area (Å²) in [5.74, 6) is -1.60. The van der Waals surface area contributed by atoms with Gasteiger partial charge in [0.1, 0.15) is 19.2 Å². The zero-order valence-corrected chi connectivity index (χ0v) is 16.8. The van der Waals surface area contributed by atoms with Gasteiger partial charge in [0.15, 0.2) is 11.6 Å². The van der Waals surface area contributed by atoms with Gasteiger partial charge in [-0.05, 0) is 35.0 Å². The molecule has 2 heterocycles. The summed E-state index contributed by atoms with van der Waals surface area (Å²) in [5.41, 5.74) is 1.61. The standard InChI is InChI=1S/C20H22N6O5/c1-13(15-8-5-9-21-15)19-23-24-25-26(19)11-17(27)16(10-18(28)29)22-20(30)31-12-14-6-3-2-4-7-14/h2-9,13,16,21H,10-12H2,1H3,(H,22,30)(H,28,29). The second-order valence-corrected chi connectivity index (χ2v) is 6.86. The highest BCUT2D eigenvalue weighted by molar-refractivity contribution is 5.90. The Kier molecular flexibility index (Phi) is 7.09. The van der Waals surface area contributed by atoms with Gasteiger partial charge in [-0.1, -0.05) is 30.3 Å². The van der Waals surface area contributed by atoms with Crippen LogP contribution in [0.1, 0.15) is 36.3 Å². The van der Waals surface area contributed by atoms with Gasteiger partial charge in [-0.25, -0.2) is 9.48 Å². The molecule has 0 fully saturated rings. The van der Waals surface area contributed by atoms with Crippen LogP contribution in [-0.2, 0) is 27.5 Å². The van der Waals surface area contributed by atoms with Crippen molar-refractivity contribution in [2.75, 3.05) is 0 Å². The molecule has 1 aromatic carbocycles. The Hall–Kier alpha value is -4.02. The molecule has 11 nitrogen and oxygen atoms in total. The maximum absolute atomic E-state index is 12.8. The number of hydrogen-bond donors (Lipinski definition) is 3. The Morgan fingerprint density at radius 2 is 1.97 bits per heavy atom. The number of nitrogens with zero attached hydrogens (tertiary/aromatic N) is 4. The number of aliphatic carboxylic acids is 1. The molecule has 3 N–H and O–H groups in total. The lowest BCUT2D eigenvalue weighted by molar-refractivity contribution is -0.139. The number of aromatic nitrogens is 5. The Morgan fingerprint density at radius 1 is 1.19 bits per heavy atom. The predicted molar refractivity (Wildman–Crippen MR) is 107 cm³/mol. The molecule has 162 valence electrons. The van der Waals surface area contributed by atoms with E-state index in [1.165, 1.54) is 4.68 Å². The van der Waals surface area contributed by atoms with E-state index in [0.717, 1.165) is 11.3 Å². The number of ketones is 1. The lowest BCUT2D eigenvalue weighted by Gasteiger charge is -2.17. The molecule has 0 saturated carbocycles. The van der Waals surface area contributed by atoms with Crippen molar-refractivity contribution in [2.24, 2.45) is 0 Å². The van der Waals surface area contributed by atoms with Crippen LogP contribution >= 0.6 is 0 Å². The van der Waals surface area contributed by atoms with Gasteiger partial charge in [-0.15, -0.1) is 5.10 Å². The van der Waals surface area contributed by atoms with Gasteiger partial charge < -0.3 is 20.1 Å². The molecule has 2 unspecified atom stereocenters. The van der Waals surface area contributed by atoms with E-state index in [1.807, 2.05) is 25.1 Å². The van der Waals surface area contributed by atoms with Crippen molar-refractivity contribution in [2.45, 2.75) is 38.5 Å². The quantitative estimate of drug-likeness (QED) is 0.441. The Morgan fingerprint density at radius 3 is 2.65 bits per heavy atom. The molecule has 0 bridgehead atoms. The van der Waals surface area contributed by atoms with E-state index >= 15 is 0 Å². The first-order valence-corrected chi connectivity index (χ1v) is 9.55. The molecule has 2 aromatic heterocycles. The van der Waals surface area contributed by atoms with Gasteiger partial charge in [-0.2, -0.15) is 0 Å². The van der Waals surface area contributed by atoms with Crippen molar-refractivity contribution in [1.82, 2.24) is 30.5 Å². The van der Waals surface area contributed by atoms with Crippen molar-refractivity contribution in [3.05, 3.63) is 65.7 Å². The Labute approximate surface area is 177 Å². The smallest absolute Gasteiger partial charge is 0.408 e. The third kappa shape index (κ3) is 5.98. The van der Waals surface area contributed by atoms with E-state index in [-0.39, 0.29) is 19.1 Å². The number of Topliss-reactive ketones (excluding diaryl/α,β-unsaturated/α-hetero) is 1. The number of rotatable bonds is 10. The highest BCUT2D eigenvalue weighted by Gasteiger charge is 2.27. The van der Waals surface area contributed by atoms with Gasteiger partial charge in [0.05, 0.1) is 12.3 Å². The van der Waals surface area contributed by atoms with E-state index in [2.05, 4.69) is 25.8 Å². The number of benzene rings is 1. The highest BCUT2D eigenvalue weighted by atomic mass is 16.5. The summed E-state index contributed by atoms with van der Waals surface area (Å²) < 4.78 is 6.38. The van der Waals surface area contributed by atoms with Gasteiger partial charge in [0.25, 0.3) is 0 Å². The Bertz CT molecular complexity index is 1020. The normalized spacial score (nSPS) is 12.7. The van der Waals surface area contributed by atoms with Gasteiger partial charge in [0.2, 0.25) is 0 Å². The summed E-state index contributed by atoms with van der Waals surface area (Å²) in [7, 11) is 0. The number of carbonyl (C=O) groups is 3. The number of alkyl carbamates (subject to hydrolysis) is 1. The number of carboxylic acids is 1. The van der Waals surface area contributed by atoms with Crippen LogP contribution in [0.4, 0.5) is 4.79 Å². The first-order chi connectivity index (χ1) is 14.9. The first kappa shape index (κ1) is 21.7. The summed E-state index contributed by atoms with van der Waals surface area (Å²) in [6.45, 7) is 1.56. The second kappa shape index (κ2) is 10.1. The molecule has 2 atom stereocenters. The predicted octanol–water partition coefficient (Wildman–Crippen LogP) is 1.49. The zero-order valence-electron chi connectivity index (χ0n) is 16.8. The first-order valence-electron chi connectivity index (χ1n) is 9.55. The summed E-state index contributed by atoms with van der Waals surface area (Å²) >= 11 is 0. The molecule has 0 saturated heterocycles.